The lowest BCUT2D eigenvalue weighted by Gasteiger charge is -2.27. The molecule has 0 aliphatic carbocycles. The molecule has 1 aromatic heterocycles. The summed E-state index contributed by atoms with van der Waals surface area (Å²) >= 11 is 5.88. The molecule has 3 rings (SSSR count). The molecule has 1 atom stereocenters. The number of nitrogens with one attached hydrogen (secondary N) is 1. The van der Waals surface area contributed by atoms with Crippen molar-refractivity contribution in [2.24, 2.45) is 5.14 Å². The van der Waals surface area contributed by atoms with Crippen molar-refractivity contribution in [2.45, 2.75) is 25.0 Å². The van der Waals surface area contributed by atoms with Crippen LogP contribution in [0.5, 0.6) is 0 Å². The molecule has 28 heavy (non-hydrogen) atoms. The van der Waals surface area contributed by atoms with Crippen LogP contribution in [0.3, 0.4) is 0 Å². The third-order valence-electron chi connectivity index (χ3n) is 4.94. The molecule has 0 bridgehead atoms. The first-order valence-corrected chi connectivity index (χ1v) is 10.6. The number of carbonyl (C=O) groups is 1. The van der Waals surface area contributed by atoms with Crippen LogP contribution in [0.4, 0.5) is 0 Å². The predicted molar refractivity (Wildman–Crippen MR) is 111 cm³/mol. The maximum Gasteiger partial charge on any atom is 0.219 e. The molecule has 0 aliphatic heterocycles. The summed E-state index contributed by atoms with van der Waals surface area (Å²) in [5, 5.41) is 6.13. The van der Waals surface area contributed by atoms with Gasteiger partial charge >= 0.3 is 0 Å². The van der Waals surface area contributed by atoms with Gasteiger partial charge in [0.2, 0.25) is 15.8 Å². The van der Waals surface area contributed by atoms with E-state index in [4.69, 9.17) is 16.7 Å². The van der Waals surface area contributed by atoms with Gasteiger partial charge in [-0.05, 0) is 55.3 Å². The van der Waals surface area contributed by atoms with Crippen molar-refractivity contribution >= 4 is 27.4 Å². The van der Waals surface area contributed by atoms with Gasteiger partial charge in [0.25, 0.3) is 0 Å². The summed E-state index contributed by atoms with van der Waals surface area (Å²) in [6.45, 7) is 3.40. The smallest absolute Gasteiger partial charge is 0.219 e. The number of sulfonamides is 1. The average molecular weight is 417 g/mol. The van der Waals surface area contributed by atoms with Gasteiger partial charge in [0.1, 0.15) is 4.75 Å². The lowest BCUT2D eigenvalue weighted by molar-refractivity contribution is 0.103. The van der Waals surface area contributed by atoms with E-state index in [1.165, 1.54) is 0 Å². The highest BCUT2D eigenvalue weighted by Crippen LogP contribution is 2.32. The highest BCUT2D eigenvalue weighted by molar-refractivity contribution is 7.90. The molecular weight excluding hydrogens is 396 g/mol. The van der Waals surface area contributed by atoms with Gasteiger partial charge in [0.05, 0.1) is 5.69 Å². The lowest BCUT2D eigenvalue weighted by Crippen LogP contribution is -2.40. The SMILES string of the molecule is Cc1cc(CC(C)(c2ccccc2)S(N)(=O)=O)[nH]c1C(=O)c1ccc(Cl)cc1. The van der Waals surface area contributed by atoms with Gasteiger partial charge in [-0.1, -0.05) is 41.9 Å². The molecule has 3 N–H and O–H groups in total. The van der Waals surface area contributed by atoms with Gasteiger partial charge in [-0.25, -0.2) is 13.6 Å². The molecule has 5 nitrogen and oxygen atoms in total. The summed E-state index contributed by atoms with van der Waals surface area (Å²) < 4.78 is 23.5. The zero-order chi connectivity index (χ0) is 20.5. The minimum atomic E-state index is -3.92. The van der Waals surface area contributed by atoms with Gasteiger partial charge in [-0.3, -0.25) is 4.79 Å². The number of aryl methyl sites for hydroxylation is 1. The fourth-order valence-electron chi connectivity index (χ4n) is 3.23. The first-order valence-electron chi connectivity index (χ1n) is 8.68. The Morgan fingerprint density at radius 1 is 1.11 bits per heavy atom. The van der Waals surface area contributed by atoms with Crippen molar-refractivity contribution in [1.29, 1.82) is 0 Å². The Hall–Kier alpha value is -2.41. The number of primary sulfonamides is 1. The van der Waals surface area contributed by atoms with Gasteiger partial charge < -0.3 is 4.98 Å². The summed E-state index contributed by atoms with van der Waals surface area (Å²) in [7, 11) is -3.92. The molecule has 0 spiro atoms. The number of rotatable bonds is 6. The number of hydrogen-bond donors (Lipinski definition) is 2. The van der Waals surface area contributed by atoms with E-state index in [-0.39, 0.29) is 12.2 Å². The molecule has 0 radical (unpaired) electrons. The number of aromatic nitrogens is 1. The topological polar surface area (TPSA) is 93.0 Å². The molecule has 0 saturated carbocycles. The molecular formula is C21H21ClN2O3S. The van der Waals surface area contributed by atoms with Crippen LogP contribution in [0.15, 0.2) is 60.7 Å². The number of nitrogens with two attached hydrogens (primary N) is 1. The third-order valence-corrected chi connectivity index (χ3v) is 6.83. The summed E-state index contributed by atoms with van der Waals surface area (Å²) in [6, 6.07) is 17.2. The minimum Gasteiger partial charge on any atom is -0.355 e. The summed E-state index contributed by atoms with van der Waals surface area (Å²) in [5.41, 5.74) is 2.87. The van der Waals surface area contributed by atoms with E-state index in [9.17, 15) is 13.2 Å². The first-order chi connectivity index (χ1) is 13.1. The van der Waals surface area contributed by atoms with Crippen molar-refractivity contribution in [3.63, 3.8) is 0 Å². The number of hydrogen-bond acceptors (Lipinski definition) is 3. The maximum absolute atomic E-state index is 12.8. The zero-order valence-corrected chi connectivity index (χ0v) is 17.1. The monoisotopic (exact) mass is 416 g/mol. The maximum atomic E-state index is 12.8. The van der Waals surface area contributed by atoms with Crippen LogP contribution < -0.4 is 5.14 Å². The van der Waals surface area contributed by atoms with Crippen LogP contribution in [0.1, 0.15) is 39.8 Å². The first kappa shape index (κ1) is 20.3. The Kier molecular flexibility index (Phi) is 5.48. The standard InChI is InChI=1S/C21H21ClN2O3S/c1-14-12-18(24-19(14)20(25)15-8-10-17(22)11-9-15)13-21(2,28(23,26)27)16-6-4-3-5-7-16/h3-12,24H,13H2,1-2H3,(H2,23,26,27). The minimum absolute atomic E-state index is 0.116. The third kappa shape index (κ3) is 3.90. The Balaban J connectivity index is 1.98. The van der Waals surface area contributed by atoms with Crippen molar-refractivity contribution in [2.75, 3.05) is 0 Å². The number of H-pyrrole nitrogens is 1. The lowest BCUT2D eigenvalue weighted by atomic mass is 9.95. The Morgan fingerprint density at radius 3 is 2.29 bits per heavy atom. The van der Waals surface area contributed by atoms with Gasteiger partial charge in [-0.15, -0.1) is 0 Å². The Morgan fingerprint density at radius 2 is 1.71 bits per heavy atom. The van der Waals surface area contributed by atoms with Crippen LogP contribution in [0, 0.1) is 6.92 Å². The molecule has 0 saturated heterocycles. The van der Waals surface area contributed by atoms with Crippen molar-refractivity contribution < 1.29 is 13.2 Å². The van der Waals surface area contributed by atoms with Crippen LogP contribution >= 0.6 is 11.6 Å². The number of benzene rings is 2. The molecule has 1 heterocycles. The fraction of sp³-hybridized carbons (Fsp3) is 0.190. The van der Waals surface area contributed by atoms with Gasteiger partial charge in [-0.2, -0.15) is 0 Å². The second-order valence-corrected chi connectivity index (χ2v) is 9.43. The molecule has 146 valence electrons. The van der Waals surface area contributed by atoms with Crippen LogP contribution in [0.25, 0.3) is 0 Å². The number of ketones is 1. The van der Waals surface area contributed by atoms with E-state index < -0.39 is 14.8 Å². The van der Waals surface area contributed by atoms with E-state index in [0.29, 0.717) is 27.5 Å². The quantitative estimate of drug-likeness (QED) is 0.595. The normalized spacial score (nSPS) is 13.9. The van der Waals surface area contributed by atoms with Crippen LogP contribution in [-0.4, -0.2) is 19.2 Å². The van der Waals surface area contributed by atoms with Gasteiger partial charge in [0.15, 0.2) is 0 Å². The molecule has 3 aromatic rings. The van der Waals surface area contributed by atoms with E-state index in [1.54, 1.807) is 68.4 Å². The fourth-order valence-corrected chi connectivity index (χ4v) is 4.17. The summed E-state index contributed by atoms with van der Waals surface area (Å²) in [4.78, 5) is 15.9. The number of aromatic amines is 1. The average Bonchev–Trinajstić information content (AvgIpc) is 3.01. The molecule has 0 fully saturated rings. The molecule has 2 aromatic carbocycles. The van der Waals surface area contributed by atoms with E-state index in [0.717, 1.165) is 5.56 Å². The van der Waals surface area contributed by atoms with E-state index in [2.05, 4.69) is 4.98 Å². The number of halogens is 1. The summed E-state index contributed by atoms with van der Waals surface area (Å²) in [6.07, 6.45) is 0.116. The molecule has 1 unspecified atom stereocenters. The van der Waals surface area contributed by atoms with Gasteiger partial charge in [0, 0.05) is 22.7 Å². The summed E-state index contributed by atoms with van der Waals surface area (Å²) in [5.74, 6) is -0.183. The van der Waals surface area contributed by atoms with E-state index >= 15 is 0 Å². The molecule has 0 amide bonds. The van der Waals surface area contributed by atoms with Crippen LogP contribution in [-0.2, 0) is 21.2 Å². The molecule has 7 heteroatoms. The van der Waals surface area contributed by atoms with Crippen LogP contribution in [0.2, 0.25) is 5.02 Å². The van der Waals surface area contributed by atoms with E-state index in [1.807, 2.05) is 6.07 Å². The van der Waals surface area contributed by atoms with Crippen molar-refractivity contribution in [3.05, 3.63) is 93.8 Å². The zero-order valence-electron chi connectivity index (χ0n) is 15.6. The predicted octanol–water partition coefficient (Wildman–Crippen LogP) is 3.95. The van der Waals surface area contributed by atoms with Crippen molar-refractivity contribution in [1.82, 2.24) is 4.98 Å². The second-order valence-electron chi connectivity index (χ2n) is 7.01. The highest BCUT2D eigenvalue weighted by atomic mass is 35.5. The highest BCUT2D eigenvalue weighted by Gasteiger charge is 2.39. The van der Waals surface area contributed by atoms with Crippen molar-refractivity contribution in [3.8, 4) is 0 Å². The largest absolute Gasteiger partial charge is 0.355 e. The number of carbonyl (C=O) groups excluding carboxylic acids is 1. The molecule has 0 aliphatic rings. The Labute approximate surface area is 169 Å². The Bertz CT molecular complexity index is 1110. The second kappa shape index (κ2) is 7.54.